The Morgan fingerprint density at radius 3 is 2.49 bits per heavy atom. The summed E-state index contributed by atoms with van der Waals surface area (Å²) in [6, 6.07) is 1.01. The fourth-order valence-corrected chi connectivity index (χ4v) is 4.02. The summed E-state index contributed by atoms with van der Waals surface area (Å²) in [7, 11) is 0. The molecule has 13 heteroatoms. The maximum atomic E-state index is 13.1. The Kier molecular flexibility index (Phi) is 9.21. The zero-order chi connectivity index (χ0) is 27.2. The zero-order valence-electron chi connectivity index (χ0n) is 20.1. The number of benzene rings is 1. The minimum atomic E-state index is -5.30. The van der Waals surface area contributed by atoms with Crippen LogP contribution >= 0.6 is 0 Å². The van der Waals surface area contributed by atoms with Gasteiger partial charge in [0.25, 0.3) is 5.91 Å². The first-order valence-electron chi connectivity index (χ1n) is 11.8. The molecule has 3 rings (SSSR count). The highest BCUT2D eigenvalue weighted by Gasteiger charge is 2.43. The lowest BCUT2D eigenvalue weighted by Gasteiger charge is -2.16. The normalized spacial score (nSPS) is 15.5. The summed E-state index contributed by atoms with van der Waals surface area (Å²) >= 11 is 0. The van der Waals surface area contributed by atoms with Gasteiger partial charge in [-0.15, -0.1) is 0 Å². The van der Waals surface area contributed by atoms with Gasteiger partial charge in [-0.1, -0.05) is 6.92 Å². The molecule has 0 spiro atoms. The van der Waals surface area contributed by atoms with Crippen LogP contribution in [0.3, 0.4) is 0 Å². The summed E-state index contributed by atoms with van der Waals surface area (Å²) in [5.74, 6) is -1.40. The van der Waals surface area contributed by atoms with Crippen LogP contribution in [-0.4, -0.2) is 48.0 Å². The van der Waals surface area contributed by atoms with Gasteiger partial charge in [-0.2, -0.15) is 31.4 Å². The fourth-order valence-electron chi connectivity index (χ4n) is 4.02. The monoisotopic (exact) mass is 535 g/mol. The summed E-state index contributed by atoms with van der Waals surface area (Å²) in [6.45, 7) is 3.43. The summed E-state index contributed by atoms with van der Waals surface area (Å²) in [6.07, 6.45) is -7.92. The molecule has 1 amide bonds. The third-order valence-electron chi connectivity index (χ3n) is 5.76. The average molecular weight is 535 g/mol. The molecule has 2 aromatic rings. The third-order valence-corrected chi connectivity index (χ3v) is 5.76. The van der Waals surface area contributed by atoms with Crippen LogP contribution < -0.4 is 5.32 Å². The highest BCUT2D eigenvalue weighted by molar-refractivity contribution is 5.96. The Balaban J connectivity index is 1.69. The summed E-state index contributed by atoms with van der Waals surface area (Å²) < 4.78 is 90.5. The van der Waals surface area contributed by atoms with E-state index in [1.165, 1.54) is 0 Å². The van der Waals surface area contributed by atoms with Gasteiger partial charge in [0.2, 0.25) is 0 Å². The van der Waals surface area contributed by atoms with Gasteiger partial charge in [-0.25, -0.2) is 4.79 Å². The van der Waals surface area contributed by atoms with Gasteiger partial charge >= 0.3 is 18.3 Å². The second-order valence-electron chi connectivity index (χ2n) is 8.42. The molecular weight excluding hydrogens is 508 g/mol. The standard InChI is InChI=1S/C24H27F6N3O4/c1-2-18-20-19(6-3-11-36-12-4-9-31-21(20)34)33(32-18)10-5-13-37-22(35)15-7-8-16(23(25,26)27)17(14-15)24(28,29)30/h7-8,14H,2-6,9-13H2,1H3,(H,31,34). The topological polar surface area (TPSA) is 82.5 Å². The highest BCUT2D eigenvalue weighted by atomic mass is 19.4. The molecular formula is C24H27F6N3O4. The molecule has 0 unspecified atom stereocenters. The van der Waals surface area contributed by atoms with Crippen molar-refractivity contribution in [3.63, 3.8) is 0 Å². The quantitative estimate of drug-likeness (QED) is 0.326. The predicted octanol–water partition coefficient (Wildman–Crippen LogP) is 4.81. The number of nitrogens with zero attached hydrogens (tertiary/aromatic N) is 2. The SMILES string of the molecule is CCc1nn(CCCOC(=O)c2ccc(C(F)(F)F)c(C(F)(F)F)c2)c2c1C(=O)NCCCOCCC2. The number of carbonyl (C=O) groups is 2. The molecule has 37 heavy (non-hydrogen) atoms. The van der Waals surface area contributed by atoms with Crippen LogP contribution in [0.2, 0.25) is 0 Å². The van der Waals surface area contributed by atoms with E-state index < -0.39 is 35.0 Å². The van der Waals surface area contributed by atoms with Gasteiger partial charge in [-0.3, -0.25) is 9.48 Å². The van der Waals surface area contributed by atoms with Crippen LogP contribution in [0.5, 0.6) is 0 Å². The lowest BCUT2D eigenvalue weighted by atomic mass is 10.0. The summed E-state index contributed by atoms with van der Waals surface area (Å²) in [5.41, 5.74) is -2.64. The summed E-state index contributed by atoms with van der Waals surface area (Å²) in [5, 5.41) is 7.38. The molecule has 1 N–H and O–H groups in total. The number of esters is 1. The van der Waals surface area contributed by atoms with Crippen LogP contribution in [0.15, 0.2) is 18.2 Å². The number of alkyl halides is 6. The van der Waals surface area contributed by atoms with E-state index in [0.717, 1.165) is 0 Å². The number of amides is 1. The van der Waals surface area contributed by atoms with E-state index in [0.29, 0.717) is 68.5 Å². The third kappa shape index (κ3) is 7.24. The van der Waals surface area contributed by atoms with Crippen molar-refractivity contribution < 1.29 is 45.4 Å². The van der Waals surface area contributed by atoms with Crippen molar-refractivity contribution in [3.05, 3.63) is 51.8 Å². The Morgan fingerprint density at radius 2 is 1.81 bits per heavy atom. The molecule has 0 saturated carbocycles. The number of hydrogen-bond donors (Lipinski definition) is 1. The van der Waals surface area contributed by atoms with Crippen molar-refractivity contribution in [2.75, 3.05) is 26.4 Å². The number of fused-ring (bicyclic) bond motifs is 1. The van der Waals surface area contributed by atoms with Crippen molar-refractivity contribution in [1.82, 2.24) is 15.1 Å². The number of aryl methyl sites for hydroxylation is 2. The van der Waals surface area contributed by atoms with Crippen LogP contribution in [0.25, 0.3) is 0 Å². The minimum absolute atomic E-state index is 0.143. The smallest absolute Gasteiger partial charge is 0.417 e. The Hall–Kier alpha value is -3.09. The molecule has 1 aromatic carbocycles. The van der Waals surface area contributed by atoms with Gasteiger partial charge in [0, 0.05) is 32.7 Å². The van der Waals surface area contributed by atoms with E-state index in [4.69, 9.17) is 9.47 Å². The number of hydrogen-bond acceptors (Lipinski definition) is 5. The molecule has 0 fully saturated rings. The molecule has 7 nitrogen and oxygen atoms in total. The number of halogens is 6. The molecule has 0 bridgehead atoms. The number of rotatable bonds is 6. The van der Waals surface area contributed by atoms with Crippen molar-refractivity contribution in [2.45, 2.75) is 57.9 Å². The minimum Gasteiger partial charge on any atom is -0.462 e. The fraction of sp³-hybridized carbons (Fsp3) is 0.542. The van der Waals surface area contributed by atoms with Gasteiger partial charge in [0.15, 0.2) is 0 Å². The highest BCUT2D eigenvalue weighted by Crippen LogP contribution is 2.40. The van der Waals surface area contributed by atoms with Crippen LogP contribution in [0, 0.1) is 0 Å². The van der Waals surface area contributed by atoms with Gasteiger partial charge in [0.1, 0.15) is 0 Å². The molecule has 0 atom stereocenters. The largest absolute Gasteiger partial charge is 0.462 e. The van der Waals surface area contributed by atoms with E-state index in [1.54, 1.807) is 4.68 Å². The van der Waals surface area contributed by atoms with Crippen LogP contribution in [-0.2, 0) is 41.2 Å². The van der Waals surface area contributed by atoms with Crippen LogP contribution in [0.4, 0.5) is 26.3 Å². The average Bonchev–Trinajstić information content (AvgIpc) is 3.17. The van der Waals surface area contributed by atoms with Gasteiger partial charge in [0.05, 0.1) is 40.2 Å². The Morgan fingerprint density at radius 1 is 1.11 bits per heavy atom. The lowest BCUT2D eigenvalue weighted by Crippen LogP contribution is -2.26. The molecule has 0 radical (unpaired) electrons. The van der Waals surface area contributed by atoms with Crippen molar-refractivity contribution in [2.24, 2.45) is 0 Å². The lowest BCUT2D eigenvalue weighted by molar-refractivity contribution is -0.162. The van der Waals surface area contributed by atoms with Crippen molar-refractivity contribution >= 4 is 11.9 Å². The second kappa shape index (κ2) is 12.0. The van der Waals surface area contributed by atoms with E-state index >= 15 is 0 Å². The maximum Gasteiger partial charge on any atom is 0.417 e. The van der Waals surface area contributed by atoms with Crippen LogP contribution in [0.1, 0.15) is 69.4 Å². The first-order chi connectivity index (χ1) is 17.4. The number of carbonyl (C=O) groups excluding carboxylic acids is 2. The maximum absolute atomic E-state index is 13.1. The Labute approximate surface area is 209 Å². The first-order valence-corrected chi connectivity index (χ1v) is 11.8. The van der Waals surface area contributed by atoms with E-state index in [2.05, 4.69) is 10.4 Å². The van der Waals surface area contributed by atoms with Gasteiger partial charge < -0.3 is 14.8 Å². The summed E-state index contributed by atoms with van der Waals surface area (Å²) in [4.78, 5) is 25.0. The molecule has 0 aliphatic carbocycles. The van der Waals surface area contributed by atoms with Crippen molar-refractivity contribution in [3.8, 4) is 0 Å². The Bertz CT molecular complexity index is 1110. The number of aromatic nitrogens is 2. The second-order valence-corrected chi connectivity index (χ2v) is 8.42. The van der Waals surface area contributed by atoms with E-state index in [9.17, 15) is 35.9 Å². The first kappa shape index (κ1) is 28.5. The molecule has 1 aliphatic heterocycles. The molecule has 204 valence electrons. The van der Waals surface area contributed by atoms with Crippen molar-refractivity contribution in [1.29, 1.82) is 0 Å². The molecule has 1 aliphatic rings. The van der Waals surface area contributed by atoms with E-state index in [-0.39, 0.29) is 37.6 Å². The number of nitrogens with one attached hydrogen (secondary N) is 1. The molecule has 2 heterocycles. The molecule has 1 aromatic heterocycles. The number of ether oxygens (including phenoxy) is 2. The zero-order valence-corrected chi connectivity index (χ0v) is 20.1. The van der Waals surface area contributed by atoms with Gasteiger partial charge in [-0.05, 0) is 43.9 Å². The molecule has 0 saturated heterocycles. The predicted molar refractivity (Wildman–Crippen MR) is 119 cm³/mol. The van der Waals surface area contributed by atoms with E-state index in [1.807, 2.05) is 6.92 Å².